The molecule has 0 aliphatic carbocycles. The van der Waals surface area contributed by atoms with Crippen molar-refractivity contribution in [3.63, 3.8) is 0 Å². The summed E-state index contributed by atoms with van der Waals surface area (Å²) in [5.41, 5.74) is 2.38. The van der Waals surface area contributed by atoms with Crippen molar-refractivity contribution in [2.24, 2.45) is 0 Å². The third-order valence-corrected chi connectivity index (χ3v) is 4.71. The Hall–Kier alpha value is -0.970. The summed E-state index contributed by atoms with van der Waals surface area (Å²) in [7, 11) is 0. The highest BCUT2D eigenvalue weighted by Crippen LogP contribution is 2.24. The number of hydrogen-bond donors (Lipinski definition) is 2. The first kappa shape index (κ1) is 13.5. The lowest BCUT2D eigenvalue weighted by atomic mass is 10.1. The summed E-state index contributed by atoms with van der Waals surface area (Å²) in [6, 6.07) is 0. The van der Waals surface area contributed by atoms with Gasteiger partial charge in [0.25, 0.3) is 0 Å². The predicted molar refractivity (Wildman–Crippen MR) is 74.8 cm³/mol. The zero-order valence-electron chi connectivity index (χ0n) is 10.9. The van der Waals surface area contributed by atoms with Gasteiger partial charge in [-0.1, -0.05) is 6.42 Å². The Kier molecular flexibility index (Phi) is 5.11. The van der Waals surface area contributed by atoms with Gasteiger partial charge in [-0.2, -0.15) is 5.10 Å². The van der Waals surface area contributed by atoms with Crippen LogP contribution in [0.3, 0.4) is 0 Å². The lowest BCUT2D eigenvalue weighted by Gasteiger charge is -2.20. The number of aromatic nitrogens is 2. The standard InChI is InChI=1S/C13H21N3OS/c1-10-11(9-15-16-10)5-4-7-14-13(17)12-6-2-3-8-18-12/h9,12H,2-8H2,1H3,(H,14,17)(H,15,16). The Bertz CT molecular complexity index is 385. The SMILES string of the molecule is Cc1[nH]ncc1CCCNC(=O)C1CCCCS1. The second-order valence-corrected chi connectivity index (χ2v) is 6.08. The topological polar surface area (TPSA) is 57.8 Å². The van der Waals surface area contributed by atoms with Gasteiger partial charge in [0.1, 0.15) is 0 Å². The molecule has 1 unspecified atom stereocenters. The largest absolute Gasteiger partial charge is 0.355 e. The van der Waals surface area contributed by atoms with Gasteiger partial charge in [-0.3, -0.25) is 9.89 Å². The van der Waals surface area contributed by atoms with Crippen molar-refractivity contribution in [2.45, 2.75) is 44.3 Å². The summed E-state index contributed by atoms with van der Waals surface area (Å²) >= 11 is 1.80. The molecular weight excluding hydrogens is 246 g/mol. The number of H-pyrrole nitrogens is 1. The molecule has 0 saturated carbocycles. The molecule has 1 atom stereocenters. The lowest BCUT2D eigenvalue weighted by molar-refractivity contribution is -0.120. The molecule has 0 bridgehead atoms. The number of aryl methyl sites for hydroxylation is 2. The van der Waals surface area contributed by atoms with Crippen LogP contribution < -0.4 is 5.32 Å². The van der Waals surface area contributed by atoms with Crippen LogP contribution in [-0.4, -0.2) is 33.7 Å². The van der Waals surface area contributed by atoms with Gasteiger partial charge in [-0.15, -0.1) is 11.8 Å². The second-order valence-electron chi connectivity index (χ2n) is 4.77. The van der Waals surface area contributed by atoms with E-state index in [-0.39, 0.29) is 11.2 Å². The van der Waals surface area contributed by atoms with Crippen molar-refractivity contribution in [1.29, 1.82) is 0 Å². The van der Waals surface area contributed by atoms with E-state index in [9.17, 15) is 4.79 Å². The third kappa shape index (κ3) is 3.77. The van der Waals surface area contributed by atoms with Gasteiger partial charge >= 0.3 is 0 Å². The van der Waals surface area contributed by atoms with Gasteiger partial charge in [-0.05, 0) is 43.9 Å². The summed E-state index contributed by atoms with van der Waals surface area (Å²) in [5, 5.41) is 10.2. The maximum absolute atomic E-state index is 11.9. The highest BCUT2D eigenvalue weighted by molar-refractivity contribution is 8.00. The van der Waals surface area contributed by atoms with E-state index in [4.69, 9.17) is 0 Å². The van der Waals surface area contributed by atoms with Gasteiger partial charge in [0.05, 0.1) is 11.4 Å². The Balaban J connectivity index is 1.63. The van der Waals surface area contributed by atoms with E-state index in [1.807, 2.05) is 13.1 Å². The molecule has 18 heavy (non-hydrogen) atoms. The number of amides is 1. The van der Waals surface area contributed by atoms with Crippen molar-refractivity contribution >= 4 is 17.7 Å². The van der Waals surface area contributed by atoms with Crippen LogP contribution in [0.25, 0.3) is 0 Å². The van der Waals surface area contributed by atoms with Crippen molar-refractivity contribution in [3.05, 3.63) is 17.5 Å². The molecule has 2 N–H and O–H groups in total. The van der Waals surface area contributed by atoms with Gasteiger partial charge in [0.2, 0.25) is 5.91 Å². The minimum Gasteiger partial charge on any atom is -0.355 e. The number of carbonyl (C=O) groups excluding carboxylic acids is 1. The highest BCUT2D eigenvalue weighted by Gasteiger charge is 2.20. The molecule has 1 fully saturated rings. The number of aromatic amines is 1. The monoisotopic (exact) mass is 267 g/mol. The smallest absolute Gasteiger partial charge is 0.233 e. The fourth-order valence-electron chi connectivity index (χ4n) is 2.18. The Labute approximate surface area is 112 Å². The van der Waals surface area contributed by atoms with Crippen LogP contribution in [0.5, 0.6) is 0 Å². The molecule has 100 valence electrons. The number of hydrogen-bond acceptors (Lipinski definition) is 3. The zero-order chi connectivity index (χ0) is 12.8. The van der Waals surface area contributed by atoms with Gasteiger partial charge in [-0.25, -0.2) is 0 Å². The molecule has 1 saturated heterocycles. The number of rotatable bonds is 5. The van der Waals surface area contributed by atoms with E-state index < -0.39 is 0 Å². The fraction of sp³-hybridized carbons (Fsp3) is 0.692. The minimum atomic E-state index is 0.189. The van der Waals surface area contributed by atoms with E-state index in [1.165, 1.54) is 18.4 Å². The van der Waals surface area contributed by atoms with Crippen LogP contribution >= 0.6 is 11.8 Å². The van der Waals surface area contributed by atoms with E-state index in [2.05, 4.69) is 15.5 Å². The van der Waals surface area contributed by atoms with Crippen molar-refractivity contribution in [1.82, 2.24) is 15.5 Å². The lowest BCUT2D eigenvalue weighted by Crippen LogP contribution is -2.34. The molecule has 1 aromatic rings. The average Bonchev–Trinajstić information content (AvgIpc) is 2.81. The number of thioether (sulfide) groups is 1. The molecule has 0 spiro atoms. The molecule has 1 aliphatic heterocycles. The number of carbonyl (C=O) groups is 1. The van der Waals surface area contributed by atoms with Crippen LogP contribution in [0.15, 0.2) is 6.20 Å². The Morgan fingerprint density at radius 2 is 2.50 bits per heavy atom. The normalized spacial score (nSPS) is 19.7. The predicted octanol–water partition coefficient (Wildman–Crippen LogP) is 2.05. The molecule has 4 nitrogen and oxygen atoms in total. The third-order valence-electron chi connectivity index (χ3n) is 3.33. The summed E-state index contributed by atoms with van der Waals surface area (Å²) in [4.78, 5) is 11.9. The van der Waals surface area contributed by atoms with E-state index in [0.29, 0.717) is 0 Å². The summed E-state index contributed by atoms with van der Waals surface area (Å²) < 4.78 is 0. The summed E-state index contributed by atoms with van der Waals surface area (Å²) in [6.07, 6.45) is 7.31. The molecule has 0 aromatic carbocycles. The molecule has 1 amide bonds. The average molecular weight is 267 g/mol. The van der Waals surface area contributed by atoms with Gasteiger partial charge in [0, 0.05) is 12.2 Å². The minimum absolute atomic E-state index is 0.189. The maximum Gasteiger partial charge on any atom is 0.233 e. The second kappa shape index (κ2) is 6.83. The van der Waals surface area contributed by atoms with Gasteiger partial charge in [0.15, 0.2) is 0 Å². The van der Waals surface area contributed by atoms with E-state index >= 15 is 0 Å². The molecular formula is C13H21N3OS. The van der Waals surface area contributed by atoms with Gasteiger partial charge < -0.3 is 5.32 Å². The van der Waals surface area contributed by atoms with Crippen molar-refractivity contribution in [3.8, 4) is 0 Å². The first-order valence-corrected chi connectivity index (χ1v) is 7.70. The number of nitrogens with one attached hydrogen (secondary N) is 2. The quantitative estimate of drug-likeness (QED) is 0.803. The van der Waals surface area contributed by atoms with E-state index in [1.54, 1.807) is 11.8 Å². The zero-order valence-corrected chi connectivity index (χ0v) is 11.7. The van der Waals surface area contributed by atoms with E-state index in [0.717, 1.165) is 37.3 Å². The van der Waals surface area contributed by atoms with Crippen LogP contribution in [0.2, 0.25) is 0 Å². The highest BCUT2D eigenvalue weighted by atomic mass is 32.2. The van der Waals surface area contributed by atoms with Crippen molar-refractivity contribution < 1.29 is 4.79 Å². The van der Waals surface area contributed by atoms with Crippen molar-refractivity contribution in [2.75, 3.05) is 12.3 Å². The molecule has 2 rings (SSSR count). The fourth-order valence-corrected chi connectivity index (χ4v) is 3.40. The summed E-state index contributed by atoms with van der Waals surface area (Å²) in [6.45, 7) is 2.79. The summed E-state index contributed by atoms with van der Waals surface area (Å²) in [5.74, 6) is 1.36. The molecule has 0 radical (unpaired) electrons. The number of nitrogens with zero attached hydrogens (tertiary/aromatic N) is 1. The maximum atomic E-state index is 11.9. The van der Waals surface area contributed by atoms with Crippen LogP contribution in [0, 0.1) is 6.92 Å². The van der Waals surface area contributed by atoms with Crippen LogP contribution in [0.4, 0.5) is 0 Å². The molecule has 5 heteroatoms. The molecule has 2 heterocycles. The van der Waals surface area contributed by atoms with Crippen LogP contribution in [0.1, 0.15) is 36.9 Å². The molecule has 1 aliphatic rings. The Morgan fingerprint density at radius 1 is 1.61 bits per heavy atom. The molecule has 1 aromatic heterocycles. The first-order chi connectivity index (χ1) is 8.77. The Morgan fingerprint density at radius 3 is 3.17 bits per heavy atom. The van der Waals surface area contributed by atoms with Crippen LogP contribution in [-0.2, 0) is 11.2 Å². The first-order valence-electron chi connectivity index (χ1n) is 6.65.